The van der Waals surface area contributed by atoms with Crippen molar-refractivity contribution in [1.82, 2.24) is 0 Å². The Morgan fingerprint density at radius 1 is 1.33 bits per heavy atom. The molecule has 15 heteroatoms. The number of carbonyl (C=O) groups is 1. The first-order valence-corrected chi connectivity index (χ1v) is 8.30. The molecule has 1 aliphatic heterocycles. The van der Waals surface area contributed by atoms with Crippen LogP contribution in [-0.4, -0.2) is 54.0 Å². The number of azide groups is 2. The molecule has 1 aromatic carbocycles. The summed E-state index contributed by atoms with van der Waals surface area (Å²) in [6, 6.07) is 2.77. The topological polar surface area (TPSA) is 209 Å². The van der Waals surface area contributed by atoms with E-state index in [1.165, 1.54) is 6.92 Å². The minimum Gasteiger partial charge on any atom is -0.453 e. The zero-order chi connectivity index (χ0) is 22.3. The second-order valence-corrected chi connectivity index (χ2v) is 5.94. The van der Waals surface area contributed by atoms with Gasteiger partial charge in [0.25, 0.3) is 5.69 Å². The Morgan fingerprint density at radius 2 is 2.00 bits per heavy atom. The van der Waals surface area contributed by atoms with Crippen molar-refractivity contribution in [2.45, 2.75) is 37.6 Å². The molecule has 158 valence electrons. The summed E-state index contributed by atoms with van der Waals surface area (Å²) in [5, 5.41) is 24.6. The van der Waals surface area contributed by atoms with Crippen molar-refractivity contribution >= 4 is 17.6 Å². The highest BCUT2D eigenvalue weighted by atomic mass is 19.1. The van der Waals surface area contributed by atoms with Gasteiger partial charge in [-0.3, -0.25) is 15.5 Å². The fraction of sp³-hybridized carbons (Fsp3) is 0.467. The molecule has 5 unspecified atom stereocenters. The van der Waals surface area contributed by atoms with Gasteiger partial charge < -0.3 is 14.2 Å². The molecule has 0 spiro atoms. The number of carbonyl (C=O) groups excluding carboxylic acids is 1. The number of rotatable bonds is 7. The Balaban J connectivity index is 2.29. The quantitative estimate of drug-likeness (QED) is 0.102. The number of nitro benzene ring substituents is 1. The van der Waals surface area contributed by atoms with Crippen LogP contribution in [0.2, 0.25) is 0 Å². The van der Waals surface area contributed by atoms with Gasteiger partial charge in [-0.05, 0) is 23.2 Å². The van der Waals surface area contributed by atoms with Crippen molar-refractivity contribution in [3.63, 3.8) is 0 Å². The zero-order valence-corrected chi connectivity index (χ0v) is 15.4. The molecule has 1 fully saturated rings. The summed E-state index contributed by atoms with van der Waals surface area (Å²) in [5.41, 5.74) is 16.9. The molecule has 5 atom stereocenters. The van der Waals surface area contributed by atoms with Crippen LogP contribution in [0.5, 0.6) is 0 Å². The molecule has 0 saturated carbocycles. The van der Waals surface area contributed by atoms with Crippen LogP contribution in [0.15, 0.2) is 34.5 Å². The summed E-state index contributed by atoms with van der Waals surface area (Å²) in [5.74, 6) is -1.39. The molecule has 0 aliphatic carbocycles. The number of ether oxygens (including phenoxy) is 3. The van der Waals surface area contributed by atoms with E-state index >= 15 is 4.39 Å². The number of benzene rings is 1. The van der Waals surface area contributed by atoms with Crippen LogP contribution in [0.1, 0.15) is 17.3 Å². The molecule has 0 aromatic heterocycles. The predicted molar refractivity (Wildman–Crippen MR) is 97.3 cm³/mol. The summed E-state index contributed by atoms with van der Waals surface area (Å²) in [4.78, 5) is 27.5. The smallest absolute Gasteiger partial charge is 0.338 e. The molecule has 1 N–H and O–H groups in total. The molecule has 1 saturated heterocycles. The van der Waals surface area contributed by atoms with Gasteiger partial charge in [0.05, 0.1) is 17.0 Å². The van der Waals surface area contributed by atoms with Crippen molar-refractivity contribution in [3.05, 3.63) is 60.8 Å². The van der Waals surface area contributed by atoms with Crippen molar-refractivity contribution in [2.75, 3.05) is 6.54 Å². The summed E-state index contributed by atoms with van der Waals surface area (Å²) in [6.45, 7) is 0.794. The van der Waals surface area contributed by atoms with E-state index in [-0.39, 0.29) is 17.1 Å². The lowest BCUT2D eigenvalue weighted by molar-refractivity contribution is -0.384. The third kappa shape index (κ3) is 5.32. The van der Waals surface area contributed by atoms with Gasteiger partial charge in [-0.1, -0.05) is 10.2 Å². The number of nitrogens with one attached hydrogen (secondary N) is 1. The Labute approximate surface area is 167 Å². The Morgan fingerprint density at radius 3 is 2.53 bits per heavy atom. The maximum atomic E-state index is 15.1. The van der Waals surface area contributed by atoms with Crippen LogP contribution < -0.4 is 0 Å². The highest BCUT2D eigenvalue weighted by molar-refractivity contribution is 5.89. The maximum Gasteiger partial charge on any atom is 0.338 e. The molecule has 0 radical (unpaired) electrons. The monoisotopic (exact) mass is 422 g/mol. The lowest BCUT2D eigenvalue weighted by Crippen LogP contribution is -2.58. The molecular formula is C15H15FN8O6. The summed E-state index contributed by atoms with van der Waals surface area (Å²) >= 11 is 0. The number of alkyl halides is 1. The van der Waals surface area contributed by atoms with Gasteiger partial charge in [-0.2, -0.15) is 0 Å². The van der Waals surface area contributed by atoms with Crippen molar-refractivity contribution in [3.8, 4) is 0 Å². The number of hydrogen-bond acceptors (Lipinski definition) is 9. The molecule has 1 aliphatic rings. The minimum atomic E-state index is -2.13. The van der Waals surface area contributed by atoms with Gasteiger partial charge in [0.2, 0.25) is 6.29 Å². The molecule has 2 rings (SSSR count). The van der Waals surface area contributed by atoms with Crippen LogP contribution in [0.3, 0.4) is 0 Å². The average Bonchev–Trinajstić information content (AvgIpc) is 2.71. The number of halogens is 1. The lowest BCUT2D eigenvalue weighted by atomic mass is 9.98. The van der Waals surface area contributed by atoms with Crippen LogP contribution in [0.4, 0.5) is 10.1 Å². The highest BCUT2D eigenvalue weighted by Gasteiger charge is 2.49. The van der Waals surface area contributed by atoms with Gasteiger partial charge >= 0.3 is 5.97 Å². The van der Waals surface area contributed by atoms with E-state index in [4.69, 9.17) is 30.7 Å². The van der Waals surface area contributed by atoms with Crippen molar-refractivity contribution in [2.24, 2.45) is 10.2 Å². The minimum absolute atomic E-state index is 0.107. The largest absolute Gasteiger partial charge is 0.453 e. The van der Waals surface area contributed by atoms with Gasteiger partial charge in [0.1, 0.15) is 12.1 Å². The Hall–Kier alpha value is -3.93. The molecule has 0 amide bonds. The first-order chi connectivity index (χ1) is 14.3. The average molecular weight is 422 g/mol. The van der Waals surface area contributed by atoms with E-state index in [9.17, 15) is 14.9 Å². The fourth-order valence-corrected chi connectivity index (χ4v) is 2.64. The summed E-state index contributed by atoms with van der Waals surface area (Å²) in [6.07, 6.45) is -6.60. The molecule has 30 heavy (non-hydrogen) atoms. The van der Waals surface area contributed by atoms with Crippen LogP contribution in [-0.2, 0) is 14.2 Å². The molecule has 1 aromatic rings. The second-order valence-electron chi connectivity index (χ2n) is 5.94. The van der Waals surface area contributed by atoms with Crippen molar-refractivity contribution < 1.29 is 28.3 Å². The van der Waals surface area contributed by atoms with Crippen LogP contribution >= 0.6 is 0 Å². The summed E-state index contributed by atoms with van der Waals surface area (Å²) < 4.78 is 30.7. The molecular weight excluding hydrogens is 407 g/mol. The summed E-state index contributed by atoms with van der Waals surface area (Å²) in [7, 11) is 0. The van der Waals surface area contributed by atoms with E-state index in [0.29, 0.717) is 0 Å². The van der Waals surface area contributed by atoms with E-state index in [0.717, 1.165) is 24.3 Å². The Bertz CT molecular complexity index is 912. The molecule has 14 nitrogen and oxygen atoms in total. The number of nitrogens with zero attached hydrogens (tertiary/aromatic N) is 7. The number of non-ortho nitro benzene ring substituents is 1. The van der Waals surface area contributed by atoms with Crippen molar-refractivity contribution in [1.29, 1.82) is 5.41 Å². The van der Waals surface area contributed by atoms with Gasteiger partial charge in [0, 0.05) is 28.9 Å². The highest BCUT2D eigenvalue weighted by Crippen LogP contribution is 2.30. The van der Waals surface area contributed by atoms with Gasteiger partial charge in [0.15, 0.2) is 18.2 Å². The fourth-order valence-electron chi connectivity index (χ4n) is 2.64. The molecule has 1 heterocycles. The number of hydrogen-bond donors (Lipinski definition) is 1. The van der Waals surface area contributed by atoms with E-state index in [1.54, 1.807) is 0 Å². The first kappa shape index (κ1) is 22.4. The second kappa shape index (κ2) is 10.0. The third-order valence-electron chi connectivity index (χ3n) is 3.95. The lowest BCUT2D eigenvalue weighted by Gasteiger charge is -2.40. The standard InChI is InChI=1S/C15H15FN8O6/c1-7(17)28-15-12(21-23-19)11(16)13(10(29-15)6-20-22-18)30-14(25)8-2-4-9(5-3-8)24(26)27/h2-5,10-13,15,17H,6H2,1H3. The Kier molecular flexibility index (Phi) is 7.47. The van der Waals surface area contributed by atoms with E-state index in [1.807, 2.05) is 0 Å². The maximum absolute atomic E-state index is 15.1. The number of esters is 1. The van der Waals surface area contributed by atoms with Crippen LogP contribution in [0.25, 0.3) is 20.9 Å². The van der Waals surface area contributed by atoms with Crippen LogP contribution in [0, 0.1) is 15.5 Å². The van der Waals surface area contributed by atoms with Gasteiger partial charge in [-0.15, -0.1) is 0 Å². The molecule has 0 bridgehead atoms. The zero-order valence-electron chi connectivity index (χ0n) is 15.4. The third-order valence-corrected chi connectivity index (χ3v) is 3.95. The predicted octanol–water partition coefficient (Wildman–Crippen LogP) is 3.19. The normalized spacial score (nSPS) is 25.2. The van der Waals surface area contributed by atoms with E-state index < -0.39 is 48.1 Å². The van der Waals surface area contributed by atoms with E-state index in [2.05, 4.69) is 20.1 Å². The SMILES string of the molecule is CC(=N)OC1OC(CN=[N+]=[N-])C(OC(=O)c2ccc([N+](=O)[O-])cc2)C(F)C1N=[N+]=[N-]. The first-order valence-electron chi connectivity index (χ1n) is 8.30. The number of nitro groups is 1. The van der Waals surface area contributed by atoms with Gasteiger partial charge in [-0.25, -0.2) is 9.18 Å².